The largest absolute Gasteiger partial charge is 3.00 e. The molecule has 0 saturated heterocycles. The first-order valence-corrected chi connectivity index (χ1v) is 8.07. The smallest absolute Gasteiger partial charge is 0.811 e. The van der Waals surface area contributed by atoms with Gasteiger partial charge in [-0.15, -0.1) is 24.3 Å². The van der Waals surface area contributed by atoms with Gasteiger partial charge in [-0.3, -0.25) is 17.6 Å². The molecule has 2 aromatic carbocycles. The average molecular weight is 593 g/mol. The zero-order valence-electron chi connectivity index (χ0n) is 15.4. The molecular formula is C21H14F4IrN3O. The van der Waals surface area contributed by atoms with Crippen molar-refractivity contribution < 1.29 is 42.4 Å². The summed E-state index contributed by atoms with van der Waals surface area (Å²) in [5.41, 5.74) is 0.511. The van der Waals surface area contributed by atoms with Crippen LogP contribution in [-0.4, -0.2) is 18.3 Å². The summed E-state index contributed by atoms with van der Waals surface area (Å²) in [5, 5.41) is 10.7. The van der Waals surface area contributed by atoms with Gasteiger partial charge < -0.3 is 20.4 Å². The Bertz CT molecular complexity index is 1020. The minimum atomic E-state index is -0.734. The molecule has 3 rings (SSSR count). The molecule has 0 aliphatic carbocycles. The Hall–Kier alpha value is -3.03. The van der Waals surface area contributed by atoms with E-state index in [0.29, 0.717) is 11.4 Å². The summed E-state index contributed by atoms with van der Waals surface area (Å²) < 4.78 is 56.3. The number of methoxy groups -OCH3 is 1. The quantitative estimate of drug-likeness (QED) is 0.253. The van der Waals surface area contributed by atoms with Gasteiger partial charge in [-0.1, -0.05) is 17.7 Å². The van der Waals surface area contributed by atoms with Crippen molar-refractivity contribution in [2.75, 3.05) is 12.4 Å². The van der Waals surface area contributed by atoms with Crippen molar-refractivity contribution in [3.8, 4) is 17.0 Å². The number of nitrogens with zero attached hydrogens (tertiary/aromatic N) is 2. The number of benzene rings is 2. The number of anilines is 1. The van der Waals surface area contributed by atoms with E-state index in [-0.39, 0.29) is 31.4 Å². The number of rotatable bonds is 5. The van der Waals surface area contributed by atoms with Crippen LogP contribution >= 0.6 is 0 Å². The van der Waals surface area contributed by atoms with Gasteiger partial charge in [0.15, 0.2) is 0 Å². The first-order valence-electron chi connectivity index (χ1n) is 8.07. The third-order valence-electron chi connectivity index (χ3n) is 3.35. The molecule has 9 heteroatoms. The number of aromatic nitrogens is 1. The predicted molar refractivity (Wildman–Crippen MR) is 102 cm³/mol. The van der Waals surface area contributed by atoms with Gasteiger partial charge in [0.05, 0.1) is 7.11 Å². The number of halogens is 4. The molecule has 0 unspecified atom stereocenters. The van der Waals surface area contributed by atoms with E-state index in [1.165, 1.54) is 25.6 Å². The molecule has 0 saturated carbocycles. The van der Waals surface area contributed by atoms with Gasteiger partial charge in [-0.2, -0.15) is 12.3 Å². The van der Waals surface area contributed by atoms with E-state index in [1.54, 1.807) is 12.1 Å². The molecule has 3 aromatic rings. The Morgan fingerprint density at radius 1 is 1.03 bits per heavy atom. The monoisotopic (exact) mass is 593 g/mol. The first kappa shape index (κ1) is 25.0. The number of pyridine rings is 1. The van der Waals surface area contributed by atoms with Crippen LogP contribution < -0.4 is 10.1 Å². The second kappa shape index (κ2) is 12.5. The molecule has 1 heterocycles. The molecule has 1 N–H and O–H groups in total. The van der Waals surface area contributed by atoms with E-state index in [0.717, 1.165) is 30.5 Å². The molecular weight excluding hydrogens is 578 g/mol. The third kappa shape index (κ3) is 7.42. The molecule has 30 heavy (non-hydrogen) atoms. The van der Waals surface area contributed by atoms with Gasteiger partial charge in [-0.25, -0.2) is 0 Å². The normalized spacial score (nSPS) is 9.90. The van der Waals surface area contributed by atoms with Crippen LogP contribution in [0.1, 0.15) is 0 Å². The zero-order chi connectivity index (χ0) is 21.2. The van der Waals surface area contributed by atoms with E-state index in [4.69, 9.17) is 10.1 Å². The average Bonchev–Trinajstić information content (AvgIpc) is 2.70. The van der Waals surface area contributed by atoms with Gasteiger partial charge in [0.25, 0.3) is 0 Å². The maximum Gasteiger partial charge on any atom is 3.00 e. The molecule has 0 atom stereocenters. The Morgan fingerprint density at radius 2 is 1.70 bits per heavy atom. The van der Waals surface area contributed by atoms with Crippen LogP contribution in [0.3, 0.4) is 0 Å². The standard InChI is InChI=1S/C12H8F2NO.C9H6F2N2.Ir/c1-16-9-4-5-15-12(7-9)10-3-2-8(13)6-11(10)14;10-7-2-3-9(8(11)6-7)13-5-1-4-12;/h2,4-7H,1H3;1-2,4-6,13H;/q-1;-2;+3/b;5-1-;. The molecule has 0 amide bonds. The molecule has 0 bridgehead atoms. The SMILES string of the molecule is COc1ccnc(-c2[c-]cc(F)cc2F)c1.[Ir+3].[N-]=C/C=C\Nc1[c-]cc(F)cc1F. The zero-order valence-corrected chi connectivity index (χ0v) is 17.8. The number of allylic oxidation sites excluding steroid dienone is 1. The van der Waals surface area contributed by atoms with Crippen molar-refractivity contribution in [3.05, 3.63) is 95.7 Å². The Kier molecular flexibility index (Phi) is 10.4. The van der Waals surface area contributed by atoms with E-state index in [2.05, 4.69) is 22.4 Å². The summed E-state index contributed by atoms with van der Waals surface area (Å²) in [6, 6.07) is 11.7. The minimum absolute atomic E-state index is 0. The van der Waals surface area contributed by atoms with Crippen LogP contribution in [0.5, 0.6) is 5.75 Å². The van der Waals surface area contributed by atoms with Gasteiger partial charge >= 0.3 is 20.1 Å². The van der Waals surface area contributed by atoms with Crippen LogP contribution in [-0.2, 0) is 20.1 Å². The Balaban J connectivity index is 0.000000297. The van der Waals surface area contributed by atoms with Crippen LogP contribution in [0, 0.1) is 35.4 Å². The maximum absolute atomic E-state index is 13.4. The molecule has 4 nitrogen and oxygen atoms in total. The predicted octanol–water partition coefficient (Wildman–Crippen LogP) is 5.16. The molecule has 0 spiro atoms. The van der Waals surface area contributed by atoms with Gasteiger partial charge in [-0.05, 0) is 29.7 Å². The Labute approximate surface area is 184 Å². The number of hydrogen-bond donors (Lipinski definition) is 1. The number of nitrogens with one attached hydrogen (secondary N) is 1. The van der Waals surface area contributed by atoms with Crippen LogP contribution in [0.2, 0.25) is 0 Å². The second-order valence-electron chi connectivity index (χ2n) is 5.32. The summed E-state index contributed by atoms with van der Waals surface area (Å²) in [5.74, 6) is -2.21. The molecule has 0 aliphatic rings. The Morgan fingerprint density at radius 3 is 2.30 bits per heavy atom. The van der Waals surface area contributed by atoms with E-state index >= 15 is 0 Å². The van der Waals surface area contributed by atoms with Gasteiger partial charge in [0.1, 0.15) is 5.75 Å². The first-order chi connectivity index (χ1) is 13.9. The summed E-state index contributed by atoms with van der Waals surface area (Å²) in [4.78, 5) is 3.97. The fourth-order valence-electron chi connectivity index (χ4n) is 2.05. The van der Waals surface area contributed by atoms with Crippen molar-refractivity contribution in [1.29, 1.82) is 0 Å². The molecule has 156 valence electrons. The van der Waals surface area contributed by atoms with Crippen LogP contribution in [0.15, 0.2) is 54.9 Å². The van der Waals surface area contributed by atoms with E-state index in [1.807, 2.05) is 0 Å². The summed E-state index contributed by atoms with van der Waals surface area (Å²) >= 11 is 0. The molecule has 0 fully saturated rings. The summed E-state index contributed by atoms with van der Waals surface area (Å²) in [6.07, 6.45) is 4.84. The van der Waals surface area contributed by atoms with Crippen molar-refractivity contribution in [3.63, 3.8) is 0 Å². The minimum Gasteiger partial charge on any atom is -0.811 e. The third-order valence-corrected chi connectivity index (χ3v) is 3.35. The van der Waals surface area contributed by atoms with Gasteiger partial charge in [0.2, 0.25) is 0 Å². The van der Waals surface area contributed by atoms with Crippen LogP contribution in [0.25, 0.3) is 16.7 Å². The maximum atomic E-state index is 13.4. The van der Waals surface area contributed by atoms with Gasteiger partial charge in [0, 0.05) is 29.5 Å². The van der Waals surface area contributed by atoms with Crippen molar-refractivity contribution >= 4 is 11.9 Å². The van der Waals surface area contributed by atoms with Crippen LogP contribution in [0.4, 0.5) is 23.2 Å². The number of hydrogen-bond acceptors (Lipinski definition) is 3. The van der Waals surface area contributed by atoms with Crippen molar-refractivity contribution in [2.45, 2.75) is 0 Å². The molecule has 0 aliphatic heterocycles. The molecule has 1 aromatic heterocycles. The molecule has 0 radical (unpaired) electrons. The topological polar surface area (TPSA) is 56.5 Å². The van der Waals surface area contributed by atoms with Crippen molar-refractivity contribution in [2.24, 2.45) is 0 Å². The fourth-order valence-corrected chi connectivity index (χ4v) is 2.05. The summed E-state index contributed by atoms with van der Waals surface area (Å²) in [6.45, 7) is 0. The van der Waals surface area contributed by atoms with Crippen molar-refractivity contribution in [1.82, 2.24) is 4.98 Å². The number of ether oxygens (including phenoxy) is 1. The fraction of sp³-hybridized carbons (Fsp3) is 0.0476. The second-order valence-corrected chi connectivity index (χ2v) is 5.32. The summed E-state index contributed by atoms with van der Waals surface area (Å²) in [7, 11) is 1.50. The van der Waals surface area contributed by atoms with E-state index in [9.17, 15) is 17.6 Å². The van der Waals surface area contributed by atoms with E-state index < -0.39 is 23.3 Å².